The molecule has 1 amide bonds. The summed E-state index contributed by atoms with van der Waals surface area (Å²) in [5.41, 5.74) is 0.0961. The highest BCUT2D eigenvalue weighted by atomic mass is 35.5. The normalized spacial score (nSPS) is 14.6. The number of benzene rings is 2. The largest absolute Gasteiger partial charge is 0.444 e. The first-order valence-corrected chi connectivity index (χ1v) is 8.84. The van der Waals surface area contributed by atoms with Crippen molar-refractivity contribution in [2.45, 2.75) is 18.9 Å². The number of amides is 1. The Kier molecular flexibility index (Phi) is 5.71. The number of carbonyl (C=O) groups is 2. The van der Waals surface area contributed by atoms with Crippen LogP contribution >= 0.6 is 11.6 Å². The van der Waals surface area contributed by atoms with Gasteiger partial charge in [0, 0.05) is 30.8 Å². The van der Waals surface area contributed by atoms with E-state index in [-0.39, 0.29) is 22.2 Å². The molecule has 8 heteroatoms. The molecule has 1 fully saturated rings. The van der Waals surface area contributed by atoms with Crippen molar-refractivity contribution in [1.29, 1.82) is 0 Å². The molecule has 0 aliphatic carbocycles. The Bertz CT molecular complexity index is 866. The van der Waals surface area contributed by atoms with Gasteiger partial charge in [0.25, 0.3) is 11.6 Å². The van der Waals surface area contributed by atoms with E-state index in [1.54, 1.807) is 35.2 Å². The van der Waals surface area contributed by atoms with E-state index in [0.717, 1.165) is 18.9 Å². The molecule has 0 spiro atoms. The molecule has 7 nitrogen and oxygen atoms in total. The number of halogens is 1. The Morgan fingerprint density at radius 3 is 2.41 bits per heavy atom. The number of ether oxygens (including phenoxy) is 1. The first-order chi connectivity index (χ1) is 13.0. The van der Waals surface area contributed by atoms with Crippen molar-refractivity contribution in [3.8, 4) is 0 Å². The first-order valence-electron chi connectivity index (χ1n) is 8.46. The minimum absolute atomic E-state index is 0.0195. The number of nitro groups is 1. The van der Waals surface area contributed by atoms with E-state index < -0.39 is 17.0 Å². The van der Waals surface area contributed by atoms with E-state index in [4.69, 9.17) is 16.3 Å². The first kappa shape index (κ1) is 18.8. The van der Waals surface area contributed by atoms with Crippen LogP contribution in [0.3, 0.4) is 0 Å². The number of hydrogen-bond acceptors (Lipinski definition) is 5. The van der Waals surface area contributed by atoms with Crippen LogP contribution in [0, 0.1) is 10.1 Å². The van der Waals surface area contributed by atoms with Crippen molar-refractivity contribution < 1.29 is 19.2 Å². The Labute approximate surface area is 160 Å². The number of non-ortho nitro benzene ring substituents is 1. The van der Waals surface area contributed by atoms with Gasteiger partial charge in [-0.25, -0.2) is 4.79 Å². The predicted octanol–water partition coefficient (Wildman–Crippen LogP) is 3.77. The van der Waals surface area contributed by atoms with E-state index in [1.165, 1.54) is 12.1 Å². The van der Waals surface area contributed by atoms with Gasteiger partial charge in [0.1, 0.15) is 0 Å². The van der Waals surface area contributed by atoms with Gasteiger partial charge in [-0.15, -0.1) is 0 Å². The Morgan fingerprint density at radius 2 is 1.78 bits per heavy atom. The SMILES string of the molecule is O=C(O[C@@H](C(=O)N1CCCC1)c1ccccc1)c1cc([N+](=O)[O-])ccc1Cl. The highest BCUT2D eigenvalue weighted by Crippen LogP contribution is 2.27. The third kappa shape index (κ3) is 4.25. The third-order valence-electron chi connectivity index (χ3n) is 4.35. The van der Waals surface area contributed by atoms with Gasteiger partial charge in [0.15, 0.2) is 0 Å². The van der Waals surface area contributed by atoms with Gasteiger partial charge in [-0.1, -0.05) is 41.9 Å². The molecule has 3 rings (SSSR count). The van der Waals surface area contributed by atoms with E-state index in [0.29, 0.717) is 18.7 Å². The summed E-state index contributed by atoms with van der Waals surface area (Å²) < 4.78 is 5.48. The second-order valence-corrected chi connectivity index (χ2v) is 6.56. The van der Waals surface area contributed by atoms with E-state index >= 15 is 0 Å². The minimum atomic E-state index is -1.13. The zero-order valence-corrected chi connectivity index (χ0v) is 15.1. The van der Waals surface area contributed by atoms with Crippen molar-refractivity contribution >= 4 is 29.2 Å². The molecule has 0 aromatic heterocycles. The number of nitro benzene ring substituents is 1. The van der Waals surface area contributed by atoms with Crippen LogP contribution < -0.4 is 0 Å². The fourth-order valence-electron chi connectivity index (χ4n) is 2.95. The van der Waals surface area contributed by atoms with Gasteiger partial charge < -0.3 is 9.64 Å². The molecule has 0 bridgehead atoms. The van der Waals surface area contributed by atoms with Gasteiger partial charge in [-0.2, -0.15) is 0 Å². The fraction of sp³-hybridized carbons (Fsp3) is 0.263. The molecule has 27 heavy (non-hydrogen) atoms. The zero-order chi connectivity index (χ0) is 19.4. The standard InChI is InChI=1S/C19H17ClN2O5/c20-16-9-8-14(22(25)26)12-15(16)19(24)27-17(13-6-2-1-3-7-13)18(23)21-10-4-5-11-21/h1-3,6-9,12,17H,4-5,10-11H2/t17-/m1/s1. The van der Waals surface area contributed by atoms with Crippen LogP contribution in [-0.2, 0) is 9.53 Å². The quantitative estimate of drug-likeness (QED) is 0.442. The molecule has 2 aromatic rings. The van der Waals surface area contributed by atoms with E-state index in [9.17, 15) is 19.7 Å². The summed E-state index contributed by atoms with van der Waals surface area (Å²) in [4.78, 5) is 37.5. The second kappa shape index (κ2) is 8.18. The summed E-state index contributed by atoms with van der Waals surface area (Å²) in [7, 11) is 0. The highest BCUT2D eigenvalue weighted by molar-refractivity contribution is 6.33. The highest BCUT2D eigenvalue weighted by Gasteiger charge is 2.32. The van der Waals surface area contributed by atoms with Crippen molar-refractivity contribution in [3.05, 3.63) is 74.8 Å². The molecular weight excluding hydrogens is 372 g/mol. The molecule has 140 valence electrons. The molecule has 0 radical (unpaired) electrons. The lowest BCUT2D eigenvalue weighted by molar-refractivity contribution is -0.384. The predicted molar refractivity (Wildman–Crippen MR) is 98.5 cm³/mol. The summed E-state index contributed by atoms with van der Waals surface area (Å²) in [5.74, 6) is -1.20. The molecule has 1 heterocycles. The van der Waals surface area contributed by atoms with Crippen LogP contribution in [0.2, 0.25) is 5.02 Å². The van der Waals surface area contributed by atoms with Crippen LogP contribution in [0.4, 0.5) is 5.69 Å². The summed E-state index contributed by atoms with van der Waals surface area (Å²) >= 11 is 6.01. The number of likely N-dealkylation sites (tertiary alicyclic amines) is 1. The lowest BCUT2D eigenvalue weighted by atomic mass is 10.1. The minimum Gasteiger partial charge on any atom is -0.444 e. The summed E-state index contributed by atoms with van der Waals surface area (Å²) in [6, 6.07) is 12.2. The summed E-state index contributed by atoms with van der Waals surface area (Å²) in [5, 5.41) is 11.0. The Hall–Kier alpha value is -2.93. The van der Waals surface area contributed by atoms with Crippen molar-refractivity contribution in [1.82, 2.24) is 4.90 Å². The maximum Gasteiger partial charge on any atom is 0.341 e. The summed E-state index contributed by atoms with van der Waals surface area (Å²) in [6.45, 7) is 1.22. The lowest BCUT2D eigenvalue weighted by Gasteiger charge is -2.23. The smallest absolute Gasteiger partial charge is 0.341 e. The molecule has 2 aromatic carbocycles. The molecular formula is C19H17ClN2O5. The molecule has 0 N–H and O–H groups in total. The van der Waals surface area contributed by atoms with Crippen molar-refractivity contribution in [2.24, 2.45) is 0 Å². The number of nitrogens with zero attached hydrogens (tertiary/aromatic N) is 2. The fourth-order valence-corrected chi connectivity index (χ4v) is 3.14. The second-order valence-electron chi connectivity index (χ2n) is 6.15. The Balaban J connectivity index is 1.90. The van der Waals surface area contributed by atoms with Crippen LogP contribution in [0.25, 0.3) is 0 Å². The molecule has 1 saturated heterocycles. The van der Waals surface area contributed by atoms with Gasteiger partial charge in [-0.3, -0.25) is 14.9 Å². The Morgan fingerprint density at radius 1 is 1.11 bits per heavy atom. The molecule has 0 saturated carbocycles. The molecule has 0 unspecified atom stereocenters. The molecule has 1 atom stereocenters. The average Bonchev–Trinajstić information content (AvgIpc) is 3.21. The topological polar surface area (TPSA) is 89.8 Å². The number of esters is 1. The average molecular weight is 389 g/mol. The van der Waals surface area contributed by atoms with Crippen LogP contribution in [0.15, 0.2) is 48.5 Å². The van der Waals surface area contributed by atoms with Crippen LogP contribution in [-0.4, -0.2) is 34.8 Å². The van der Waals surface area contributed by atoms with Crippen molar-refractivity contribution in [2.75, 3.05) is 13.1 Å². The maximum atomic E-state index is 12.9. The van der Waals surface area contributed by atoms with Gasteiger partial charge in [-0.05, 0) is 18.9 Å². The maximum absolute atomic E-state index is 12.9. The molecule has 1 aliphatic rings. The van der Waals surface area contributed by atoms with Gasteiger partial charge >= 0.3 is 5.97 Å². The molecule has 1 aliphatic heterocycles. The lowest BCUT2D eigenvalue weighted by Crippen LogP contribution is -2.34. The van der Waals surface area contributed by atoms with Gasteiger partial charge in [0.2, 0.25) is 6.10 Å². The monoisotopic (exact) mass is 388 g/mol. The van der Waals surface area contributed by atoms with Crippen LogP contribution in [0.1, 0.15) is 34.9 Å². The third-order valence-corrected chi connectivity index (χ3v) is 4.68. The van der Waals surface area contributed by atoms with Gasteiger partial charge in [0.05, 0.1) is 15.5 Å². The van der Waals surface area contributed by atoms with E-state index in [1.807, 2.05) is 0 Å². The van der Waals surface area contributed by atoms with Crippen LogP contribution in [0.5, 0.6) is 0 Å². The summed E-state index contributed by atoms with van der Waals surface area (Å²) in [6.07, 6.45) is 0.669. The number of rotatable bonds is 5. The number of carbonyl (C=O) groups excluding carboxylic acids is 2. The van der Waals surface area contributed by atoms with Crippen molar-refractivity contribution in [3.63, 3.8) is 0 Å². The number of hydrogen-bond donors (Lipinski definition) is 0. The zero-order valence-electron chi connectivity index (χ0n) is 14.3. The van der Waals surface area contributed by atoms with E-state index in [2.05, 4.69) is 0 Å².